The SMILES string of the molecule is CCN(CC)C(=O)c1cc(NC(=O)c2cc(OC)cc(OC)c2)ccc1N1CCN(c2ccccc2OC)CC1. The average molecular weight is 547 g/mol. The largest absolute Gasteiger partial charge is 0.497 e. The maximum absolute atomic E-state index is 13.6. The van der Waals surface area contributed by atoms with Gasteiger partial charge in [0.1, 0.15) is 17.2 Å². The molecule has 3 aromatic rings. The molecule has 3 aromatic carbocycles. The summed E-state index contributed by atoms with van der Waals surface area (Å²) in [5, 5.41) is 2.94. The second kappa shape index (κ2) is 13.1. The lowest BCUT2D eigenvalue weighted by Crippen LogP contribution is -2.47. The smallest absolute Gasteiger partial charge is 0.256 e. The Morgan fingerprint density at radius 3 is 1.95 bits per heavy atom. The van der Waals surface area contributed by atoms with Gasteiger partial charge in [-0.05, 0) is 56.3 Å². The third kappa shape index (κ3) is 6.25. The van der Waals surface area contributed by atoms with Crippen molar-refractivity contribution in [2.45, 2.75) is 13.8 Å². The highest BCUT2D eigenvalue weighted by Gasteiger charge is 2.25. The second-order valence-electron chi connectivity index (χ2n) is 9.41. The van der Waals surface area contributed by atoms with Crippen LogP contribution in [0.4, 0.5) is 17.1 Å². The van der Waals surface area contributed by atoms with E-state index in [1.807, 2.05) is 44.2 Å². The molecule has 2 amide bonds. The molecule has 0 bridgehead atoms. The van der Waals surface area contributed by atoms with Crippen molar-refractivity contribution in [3.8, 4) is 17.2 Å². The molecule has 4 rings (SSSR count). The number of anilines is 3. The van der Waals surface area contributed by atoms with Crippen molar-refractivity contribution < 1.29 is 23.8 Å². The number of piperazine rings is 1. The number of ether oxygens (including phenoxy) is 3. The van der Waals surface area contributed by atoms with Gasteiger partial charge in [0, 0.05) is 62.3 Å². The number of amides is 2. The zero-order chi connectivity index (χ0) is 28.6. The van der Waals surface area contributed by atoms with Crippen LogP contribution in [0.15, 0.2) is 60.7 Å². The van der Waals surface area contributed by atoms with Gasteiger partial charge in [-0.2, -0.15) is 0 Å². The van der Waals surface area contributed by atoms with Gasteiger partial charge in [0.15, 0.2) is 0 Å². The summed E-state index contributed by atoms with van der Waals surface area (Å²) in [6.07, 6.45) is 0. The van der Waals surface area contributed by atoms with Gasteiger partial charge in [0.2, 0.25) is 0 Å². The van der Waals surface area contributed by atoms with Crippen LogP contribution in [-0.4, -0.2) is 77.3 Å². The van der Waals surface area contributed by atoms with Gasteiger partial charge < -0.3 is 34.2 Å². The van der Waals surface area contributed by atoms with Crippen LogP contribution in [-0.2, 0) is 0 Å². The highest BCUT2D eigenvalue weighted by atomic mass is 16.5. The van der Waals surface area contributed by atoms with Gasteiger partial charge in [0.05, 0.1) is 32.6 Å². The second-order valence-corrected chi connectivity index (χ2v) is 9.41. The number of carbonyl (C=O) groups excluding carboxylic acids is 2. The summed E-state index contributed by atoms with van der Waals surface area (Å²) in [6.45, 7) is 8.18. The molecule has 1 aliphatic rings. The number of carbonyl (C=O) groups is 2. The van der Waals surface area contributed by atoms with Crippen LogP contribution < -0.4 is 29.3 Å². The van der Waals surface area contributed by atoms with E-state index in [-0.39, 0.29) is 11.8 Å². The molecule has 1 heterocycles. The topological polar surface area (TPSA) is 83.6 Å². The van der Waals surface area contributed by atoms with Crippen LogP contribution in [0.3, 0.4) is 0 Å². The standard InChI is InChI=1S/C31H38N4O5/c1-6-33(7-2)31(37)26-20-23(32-30(36)22-18-24(38-3)21-25(19-22)39-4)12-13-27(26)34-14-16-35(17-15-34)28-10-8-9-11-29(28)40-5/h8-13,18-21H,6-7,14-17H2,1-5H3,(H,32,36). The monoisotopic (exact) mass is 546 g/mol. The van der Waals surface area contributed by atoms with Crippen molar-refractivity contribution in [3.05, 3.63) is 71.8 Å². The van der Waals surface area contributed by atoms with Crippen LogP contribution in [0.25, 0.3) is 0 Å². The first kappa shape index (κ1) is 28.6. The Morgan fingerprint density at radius 2 is 1.38 bits per heavy atom. The summed E-state index contributed by atoms with van der Waals surface area (Å²) in [5.41, 5.74) is 3.42. The van der Waals surface area contributed by atoms with Crippen LogP contribution >= 0.6 is 0 Å². The first-order valence-corrected chi connectivity index (χ1v) is 13.5. The predicted octanol–water partition coefficient (Wildman–Crippen LogP) is 4.77. The Morgan fingerprint density at radius 1 is 0.775 bits per heavy atom. The minimum Gasteiger partial charge on any atom is -0.497 e. The first-order chi connectivity index (χ1) is 19.4. The third-order valence-corrected chi connectivity index (χ3v) is 7.20. The van der Waals surface area contributed by atoms with Crippen molar-refractivity contribution in [1.29, 1.82) is 0 Å². The van der Waals surface area contributed by atoms with Crippen LogP contribution in [0.5, 0.6) is 17.2 Å². The molecule has 9 heteroatoms. The van der Waals surface area contributed by atoms with E-state index in [2.05, 4.69) is 21.2 Å². The molecule has 0 aliphatic carbocycles. The molecular formula is C31H38N4O5. The number of benzene rings is 3. The maximum Gasteiger partial charge on any atom is 0.256 e. The summed E-state index contributed by atoms with van der Waals surface area (Å²) in [7, 11) is 4.76. The van der Waals surface area contributed by atoms with Gasteiger partial charge in [0.25, 0.3) is 11.8 Å². The quantitative estimate of drug-likeness (QED) is 0.392. The molecule has 40 heavy (non-hydrogen) atoms. The summed E-state index contributed by atoms with van der Waals surface area (Å²) in [4.78, 5) is 33.1. The Balaban J connectivity index is 1.59. The predicted molar refractivity (Wildman–Crippen MR) is 159 cm³/mol. The number of methoxy groups -OCH3 is 3. The van der Waals surface area contributed by atoms with E-state index in [0.29, 0.717) is 41.4 Å². The molecule has 1 N–H and O–H groups in total. The van der Waals surface area contributed by atoms with E-state index >= 15 is 0 Å². The molecule has 0 aromatic heterocycles. The molecule has 0 saturated carbocycles. The van der Waals surface area contributed by atoms with Crippen molar-refractivity contribution >= 4 is 28.9 Å². The van der Waals surface area contributed by atoms with Crippen LogP contribution in [0.2, 0.25) is 0 Å². The van der Waals surface area contributed by atoms with Gasteiger partial charge >= 0.3 is 0 Å². The van der Waals surface area contributed by atoms with Crippen LogP contribution in [0, 0.1) is 0 Å². The molecule has 0 unspecified atom stereocenters. The number of hydrogen-bond donors (Lipinski definition) is 1. The maximum atomic E-state index is 13.6. The molecule has 0 atom stereocenters. The number of nitrogens with zero attached hydrogens (tertiary/aromatic N) is 3. The lowest BCUT2D eigenvalue weighted by Gasteiger charge is -2.38. The molecule has 1 aliphatic heterocycles. The van der Waals surface area contributed by atoms with Crippen molar-refractivity contribution in [2.24, 2.45) is 0 Å². The lowest BCUT2D eigenvalue weighted by molar-refractivity contribution is 0.0773. The van der Waals surface area contributed by atoms with Gasteiger partial charge in [-0.1, -0.05) is 12.1 Å². The number of rotatable bonds is 10. The highest BCUT2D eigenvalue weighted by molar-refractivity contribution is 6.06. The normalized spacial score (nSPS) is 13.0. The van der Waals surface area contributed by atoms with E-state index in [1.165, 1.54) is 14.2 Å². The number of hydrogen-bond acceptors (Lipinski definition) is 7. The zero-order valence-electron chi connectivity index (χ0n) is 23.9. The van der Waals surface area contributed by atoms with Crippen molar-refractivity contribution in [1.82, 2.24) is 4.90 Å². The highest BCUT2D eigenvalue weighted by Crippen LogP contribution is 2.32. The average Bonchev–Trinajstić information content (AvgIpc) is 3.01. The Hall–Kier alpha value is -4.40. The molecule has 9 nitrogen and oxygen atoms in total. The van der Waals surface area contributed by atoms with E-state index < -0.39 is 0 Å². The number of para-hydroxylation sites is 2. The summed E-state index contributed by atoms with van der Waals surface area (Å²) in [6, 6.07) is 18.6. The Labute approximate surface area is 236 Å². The van der Waals surface area contributed by atoms with E-state index in [4.69, 9.17) is 14.2 Å². The summed E-state index contributed by atoms with van der Waals surface area (Å²) in [5.74, 6) is 1.50. The third-order valence-electron chi connectivity index (χ3n) is 7.20. The fourth-order valence-electron chi connectivity index (χ4n) is 4.96. The molecule has 0 radical (unpaired) electrons. The molecule has 1 fully saturated rings. The fraction of sp³-hybridized carbons (Fsp3) is 0.355. The molecule has 212 valence electrons. The minimum atomic E-state index is -0.323. The van der Waals surface area contributed by atoms with E-state index in [0.717, 1.165) is 43.3 Å². The summed E-state index contributed by atoms with van der Waals surface area (Å²) >= 11 is 0. The first-order valence-electron chi connectivity index (χ1n) is 13.5. The van der Waals surface area contributed by atoms with Gasteiger partial charge in [-0.25, -0.2) is 0 Å². The molecule has 0 spiro atoms. The number of nitrogens with one attached hydrogen (secondary N) is 1. The lowest BCUT2D eigenvalue weighted by atomic mass is 10.1. The van der Waals surface area contributed by atoms with Gasteiger partial charge in [-0.15, -0.1) is 0 Å². The summed E-state index contributed by atoms with van der Waals surface area (Å²) < 4.78 is 16.2. The van der Waals surface area contributed by atoms with E-state index in [1.54, 1.807) is 36.3 Å². The van der Waals surface area contributed by atoms with Crippen molar-refractivity contribution in [3.63, 3.8) is 0 Å². The Bertz CT molecular complexity index is 1310. The fourth-order valence-corrected chi connectivity index (χ4v) is 4.96. The zero-order valence-corrected chi connectivity index (χ0v) is 23.9. The van der Waals surface area contributed by atoms with E-state index in [9.17, 15) is 9.59 Å². The Kier molecular flexibility index (Phi) is 9.37. The van der Waals surface area contributed by atoms with Crippen molar-refractivity contribution in [2.75, 3.05) is 75.7 Å². The molecule has 1 saturated heterocycles. The van der Waals surface area contributed by atoms with Crippen LogP contribution in [0.1, 0.15) is 34.6 Å². The minimum absolute atomic E-state index is 0.0636. The van der Waals surface area contributed by atoms with Gasteiger partial charge in [-0.3, -0.25) is 9.59 Å². The molecular weight excluding hydrogens is 508 g/mol.